The second-order valence-corrected chi connectivity index (χ2v) is 3.61. The van der Waals surface area contributed by atoms with Crippen LogP contribution in [0.1, 0.15) is 26.7 Å². The SMILES string of the molecule is CC(C)NCCCCNCC(F)(F)F. The number of nitrogens with one attached hydrogen (secondary N) is 2. The van der Waals surface area contributed by atoms with Gasteiger partial charge in [-0.15, -0.1) is 0 Å². The average molecular weight is 212 g/mol. The molecule has 0 unspecified atom stereocenters. The van der Waals surface area contributed by atoms with Crippen LogP contribution >= 0.6 is 0 Å². The summed E-state index contributed by atoms with van der Waals surface area (Å²) < 4.78 is 35.0. The molecule has 0 saturated heterocycles. The van der Waals surface area contributed by atoms with E-state index in [4.69, 9.17) is 0 Å². The molecule has 0 rings (SSSR count). The fourth-order valence-corrected chi connectivity index (χ4v) is 0.996. The zero-order valence-electron chi connectivity index (χ0n) is 8.75. The summed E-state index contributed by atoms with van der Waals surface area (Å²) in [7, 11) is 0. The highest BCUT2D eigenvalue weighted by atomic mass is 19.4. The van der Waals surface area contributed by atoms with E-state index in [-0.39, 0.29) is 0 Å². The Labute approximate surface area is 83.3 Å². The number of rotatable bonds is 7. The van der Waals surface area contributed by atoms with Crippen LogP contribution in [0.2, 0.25) is 0 Å². The molecule has 14 heavy (non-hydrogen) atoms. The summed E-state index contributed by atoms with van der Waals surface area (Å²) >= 11 is 0. The lowest BCUT2D eigenvalue weighted by Gasteiger charge is -2.09. The highest BCUT2D eigenvalue weighted by Crippen LogP contribution is 2.11. The third-order valence-electron chi connectivity index (χ3n) is 1.66. The molecule has 0 aliphatic rings. The summed E-state index contributed by atoms with van der Waals surface area (Å²) in [5.74, 6) is 0. The van der Waals surface area contributed by atoms with Gasteiger partial charge in [0.2, 0.25) is 0 Å². The van der Waals surface area contributed by atoms with Gasteiger partial charge in [-0.05, 0) is 25.9 Å². The maximum absolute atomic E-state index is 11.7. The molecule has 2 nitrogen and oxygen atoms in total. The van der Waals surface area contributed by atoms with Gasteiger partial charge in [-0.3, -0.25) is 0 Å². The minimum Gasteiger partial charge on any atom is -0.315 e. The predicted molar refractivity (Wildman–Crippen MR) is 51.3 cm³/mol. The van der Waals surface area contributed by atoms with E-state index in [0.717, 1.165) is 19.4 Å². The van der Waals surface area contributed by atoms with Gasteiger partial charge in [0.15, 0.2) is 0 Å². The molecule has 0 heterocycles. The van der Waals surface area contributed by atoms with Crippen LogP contribution in [0.15, 0.2) is 0 Å². The molecular weight excluding hydrogens is 193 g/mol. The zero-order valence-corrected chi connectivity index (χ0v) is 8.75. The smallest absolute Gasteiger partial charge is 0.315 e. The number of hydrogen-bond donors (Lipinski definition) is 2. The maximum Gasteiger partial charge on any atom is 0.401 e. The van der Waals surface area contributed by atoms with Gasteiger partial charge in [0.25, 0.3) is 0 Å². The summed E-state index contributed by atoms with van der Waals surface area (Å²) in [6.07, 6.45) is -2.41. The van der Waals surface area contributed by atoms with Crippen molar-refractivity contribution in [2.24, 2.45) is 0 Å². The Morgan fingerprint density at radius 1 is 1.07 bits per heavy atom. The first-order valence-corrected chi connectivity index (χ1v) is 4.92. The monoisotopic (exact) mass is 212 g/mol. The highest BCUT2D eigenvalue weighted by Gasteiger charge is 2.25. The van der Waals surface area contributed by atoms with E-state index in [0.29, 0.717) is 12.6 Å². The van der Waals surface area contributed by atoms with Crippen LogP contribution in [-0.2, 0) is 0 Å². The minimum atomic E-state index is -4.09. The van der Waals surface area contributed by atoms with Crippen molar-refractivity contribution in [3.05, 3.63) is 0 Å². The van der Waals surface area contributed by atoms with Crippen LogP contribution < -0.4 is 10.6 Å². The molecular formula is C9H19F3N2. The molecule has 0 aliphatic carbocycles. The summed E-state index contributed by atoms with van der Waals surface area (Å²) in [4.78, 5) is 0. The van der Waals surface area contributed by atoms with Gasteiger partial charge in [0, 0.05) is 6.04 Å². The van der Waals surface area contributed by atoms with Crippen LogP contribution in [0.4, 0.5) is 13.2 Å². The van der Waals surface area contributed by atoms with Gasteiger partial charge in [0.1, 0.15) is 0 Å². The number of unbranched alkanes of at least 4 members (excludes halogenated alkanes) is 1. The van der Waals surface area contributed by atoms with Crippen molar-refractivity contribution in [1.82, 2.24) is 10.6 Å². The second-order valence-electron chi connectivity index (χ2n) is 3.61. The average Bonchev–Trinajstić information content (AvgIpc) is 2.00. The van der Waals surface area contributed by atoms with Crippen LogP contribution in [0.3, 0.4) is 0 Å². The van der Waals surface area contributed by atoms with Crippen molar-refractivity contribution in [1.29, 1.82) is 0 Å². The molecule has 0 saturated carbocycles. The third-order valence-corrected chi connectivity index (χ3v) is 1.66. The van der Waals surface area contributed by atoms with Gasteiger partial charge in [-0.1, -0.05) is 13.8 Å². The first-order valence-electron chi connectivity index (χ1n) is 4.92. The van der Waals surface area contributed by atoms with E-state index in [1.165, 1.54) is 0 Å². The van der Waals surface area contributed by atoms with Crippen molar-refractivity contribution >= 4 is 0 Å². The van der Waals surface area contributed by atoms with Gasteiger partial charge in [-0.25, -0.2) is 0 Å². The molecule has 0 aromatic carbocycles. The summed E-state index contributed by atoms with van der Waals surface area (Å²) in [5, 5.41) is 5.56. The van der Waals surface area contributed by atoms with Crippen LogP contribution in [0, 0.1) is 0 Å². The second kappa shape index (κ2) is 7.06. The third kappa shape index (κ3) is 11.7. The molecule has 0 atom stereocenters. The molecule has 2 N–H and O–H groups in total. The standard InChI is InChI=1S/C9H19F3N2/c1-8(2)14-6-4-3-5-13-7-9(10,11)12/h8,13-14H,3-7H2,1-2H3. The molecule has 0 bridgehead atoms. The van der Waals surface area contributed by atoms with Crippen LogP contribution in [0.5, 0.6) is 0 Å². The van der Waals surface area contributed by atoms with Gasteiger partial charge >= 0.3 is 6.18 Å². The van der Waals surface area contributed by atoms with Crippen LogP contribution in [0.25, 0.3) is 0 Å². The fraction of sp³-hybridized carbons (Fsp3) is 1.00. The van der Waals surface area contributed by atoms with Crippen molar-refractivity contribution in [2.75, 3.05) is 19.6 Å². The Bertz CT molecular complexity index is 135. The summed E-state index contributed by atoms with van der Waals surface area (Å²) in [6.45, 7) is 4.50. The molecule has 0 spiro atoms. The largest absolute Gasteiger partial charge is 0.401 e. The molecule has 86 valence electrons. The Kier molecular flexibility index (Phi) is 6.92. The molecule has 0 amide bonds. The Balaban J connectivity index is 3.07. The first-order chi connectivity index (χ1) is 6.42. The van der Waals surface area contributed by atoms with Gasteiger partial charge < -0.3 is 10.6 Å². The topological polar surface area (TPSA) is 24.1 Å². The van der Waals surface area contributed by atoms with Gasteiger partial charge in [0.05, 0.1) is 6.54 Å². The lowest BCUT2D eigenvalue weighted by molar-refractivity contribution is -0.124. The molecule has 5 heteroatoms. The number of halogens is 3. The van der Waals surface area contributed by atoms with E-state index in [1.807, 2.05) is 13.8 Å². The molecule has 0 aromatic heterocycles. The fourth-order valence-electron chi connectivity index (χ4n) is 0.996. The molecule has 0 aliphatic heterocycles. The maximum atomic E-state index is 11.7. The van der Waals surface area contributed by atoms with E-state index < -0.39 is 12.7 Å². The Hall–Kier alpha value is -0.290. The predicted octanol–water partition coefficient (Wildman–Crippen LogP) is 1.92. The summed E-state index contributed by atoms with van der Waals surface area (Å²) in [5.41, 5.74) is 0. The van der Waals surface area contributed by atoms with E-state index in [2.05, 4.69) is 10.6 Å². The summed E-state index contributed by atoms with van der Waals surface area (Å²) in [6, 6.07) is 0.443. The van der Waals surface area contributed by atoms with Crippen molar-refractivity contribution in [3.63, 3.8) is 0 Å². The molecule has 0 aromatic rings. The van der Waals surface area contributed by atoms with E-state index in [9.17, 15) is 13.2 Å². The normalized spacial score (nSPS) is 12.4. The van der Waals surface area contributed by atoms with Crippen molar-refractivity contribution in [3.8, 4) is 0 Å². The van der Waals surface area contributed by atoms with Crippen molar-refractivity contribution in [2.45, 2.75) is 38.9 Å². The quantitative estimate of drug-likeness (QED) is 0.630. The lowest BCUT2D eigenvalue weighted by Crippen LogP contribution is -2.30. The van der Waals surface area contributed by atoms with E-state index >= 15 is 0 Å². The van der Waals surface area contributed by atoms with E-state index in [1.54, 1.807) is 0 Å². The Morgan fingerprint density at radius 3 is 2.14 bits per heavy atom. The Morgan fingerprint density at radius 2 is 1.64 bits per heavy atom. The zero-order chi connectivity index (χ0) is 11.0. The lowest BCUT2D eigenvalue weighted by atomic mass is 10.3. The number of alkyl halides is 3. The van der Waals surface area contributed by atoms with Gasteiger partial charge in [-0.2, -0.15) is 13.2 Å². The molecule has 0 radical (unpaired) electrons. The van der Waals surface area contributed by atoms with Crippen molar-refractivity contribution < 1.29 is 13.2 Å². The minimum absolute atomic E-state index is 0.430. The molecule has 0 fully saturated rings. The first kappa shape index (κ1) is 13.7. The highest BCUT2D eigenvalue weighted by molar-refractivity contribution is 4.57. The number of hydrogen-bond acceptors (Lipinski definition) is 2. The van der Waals surface area contributed by atoms with Crippen LogP contribution in [-0.4, -0.2) is 31.9 Å².